The first kappa shape index (κ1) is 16.3. The first-order valence-corrected chi connectivity index (χ1v) is 8.16. The second kappa shape index (κ2) is 6.51. The Morgan fingerprint density at radius 1 is 1.30 bits per heavy atom. The van der Waals surface area contributed by atoms with Gasteiger partial charge in [0.15, 0.2) is 0 Å². The third kappa shape index (κ3) is 3.68. The molecule has 0 bridgehead atoms. The van der Waals surface area contributed by atoms with Crippen molar-refractivity contribution in [3.05, 3.63) is 29.3 Å². The number of nitrogens with zero attached hydrogens (tertiary/aromatic N) is 1. The summed E-state index contributed by atoms with van der Waals surface area (Å²) in [5.74, 6) is -1.18. The van der Waals surface area contributed by atoms with Crippen LogP contribution in [0.3, 0.4) is 0 Å². The van der Waals surface area contributed by atoms with E-state index in [9.17, 15) is 18.0 Å². The van der Waals surface area contributed by atoms with Gasteiger partial charge in [0.05, 0.1) is 0 Å². The second-order valence-corrected chi connectivity index (χ2v) is 6.44. The topological polar surface area (TPSA) is 32.3 Å². The molecule has 2 heterocycles. The Balaban J connectivity index is 1.78. The standard InChI is InChI=1S/C17H21F3N2O/c18-17(19,20)16(23)22-8-2-4-14-10-12(5-6-15(14)22)9-13-3-1-7-21-11-13/h5-6,10,13,21H,1-4,7-9,11H2. The lowest BCUT2D eigenvalue weighted by Crippen LogP contribution is -2.43. The van der Waals surface area contributed by atoms with Crippen LogP contribution in [0.2, 0.25) is 0 Å². The number of aryl methyl sites for hydroxylation is 1. The molecule has 1 amide bonds. The van der Waals surface area contributed by atoms with E-state index in [-0.39, 0.29) is 6.54 Å². The lowest BCUT2D eigenvalue weighted by Gasteiger charge is -2.31. The molecule has 1 aromatic carbocycles. The van der Waals surface area contributed by atoms with Crippen molar-refractivity contribution in [1.29, 1.82) is 0 Å². The largest absolute Gasteiger partial charge is 0.471 e. The number of nitrogens with one attached hydrogen (secondary N) is 1. The van der Waals surface area contributed by atoms with Gasteiger partial charge in [-0.1, -0.05) is 12.1 Å². The number of carbonyl (C=O) groups excluding carboxylic acids is 1. The first-order chi connectivity index (χ1) is 10.9. The van der Waals surface area contributed by atoms with E-state index in [2.05, 4.69) is 5.32 Å². The molecule has 1 saturated heterocycles. The van der Waals surface area contributed by atoms with Crippen LogP contribution in [0.5, 0.6) is 0 Å². The molecule has 6 heteroatoms. The highest BCUT2D eigenvalue weighted by Crippen LogP contribution is 2.32. The molecule has 1 unspecified atom stereocenters. The van der Waals surface area contributed by atoms with Gasteiger partial charge in [0.2, 0.25) is 0 Å². The molecule has 0 radical (unpaired) electrons. The molecule has 0 spiro atoms. The molecular formula is C17H21F3N2O. The van der Waals surface area contributed by atoms with Gasteiger partial charge in [0, 0.05) is 12.2 Å². The number of halogens is 3. The van der Waals surface area contributed by atoms with Crippen LogP contribution in [0.4, 0.5) is 18.9 Å². The van der Waals surface area contributed by atoms with E-state index in [1.165, 1.54) is 12.8 Å². The molecule has 3 nitrogen and oxygen atoms in total. The number of anilines is 1. The van der Waals surface area contributed by atoms with E-state index in [4.69, 9.17) is 0 Å². The van der Waals surface area contributed by atoms with Gasteiger partial charge in [-0.3, -0.25) is 4.79 Å². The minimum atomic E-state index is -4.82. The molecule has 1 N–H and O–H groups in total. The van der Waals surface area contributed by atoms with Gasteiger partial charge >= 0.3 is 12.1 Å². The Bertz CT molecular complexity index is 580. The number of piperidine rings is 1. The average Bonchev–Trinajstić information content (AvgIpc) is 2.53. The fraction of sp³-hybridized carbons (Fsp3) is 0.588. The van der Waals surface area contributed by atoms with Crippen LogP contribution in [-0.4, -0.2) is 31.7 Å². The molecule has 0 aromatic heterocycles. The number of hydrogen-bond acceptors (Lipinski definition) is 2. The monoisotopic (exact) mass is 326 g/mol. The van der Waals surface area contributed by atoms with E-state index >= 15 is 0 Å². The van der Waals surface area contributed by atoms with Gasteiger partial charge in [-0.25, -0.2) is 0 Å². The molecule has 1 fully saturated rings. The molecule has 126 valence electrons. The summed E-state index contributed by atoms with van der Waals surface area (Å²) in [4.78, 5) is 12.5. The van der Waals surface area contributed by atoms with Crippen molar-refractivity contribution in [3.8, 4) is 0 Å². The lowest BCUT2D eigenvalue weighted by molar-refractivity contribution is -0.170. The highest BCUT2D eigenvalue weighted by atomic mass is 19.4. The van der Waals surface area contributed by atoms with E-state index in [1.807, 2.05) is 12.1 Å². The Kier molecular flexibility index (Phi) is 4.62. The van der Waals surface area contributed by atoms with Crippen LogP contribution in [-0.2, 0) is 17.6 Å². The molecule has 0 saturated carbocycles. The van der Waals surface area contributed by atoms with E-state index < -0.39 is 12.1 Å². The van der Waals surface area contributed by atoms with Crippen molar-refractivity contribution in [2.75, 3.05) is 24.5 Å². The van der Waals surface area contributed by atoms with Crippen LogP contribution in [0.1, 0.15) is 30.4 Å². The van der Waals surface area contributed by atoms with Gasteiger partial charge in [0.1, 0.15) is 0 Å². The molecule has 2 aliphatic rings. The predicted molar refractivity (Wildman–Crippen MR) is 82.5 cm³/mol. The second-order valence-electron chi connectivity index (χ2n) is 6.44. The third-order valence-corrected chi connectivity index (χ3v) is 4.67. The Morgan fingerprint density at radius 2 is 2.13 bits per heavy atom. The van der Waals surface area contributed by atoms with Crippen LogP contribution in [0, 0.1) is 5.92 Å². The van der Waals surface area contributed by atoms with Crippen molar-refractivity contribution < 1.29 is 18.0 Å². The van der Waals surface area contributed by atoms with Crippen molar-refractivity contribution >= 4 is 11.6 Å². The van der Waals surface area contributed by atoms with Gasteiger partial charge in [-0.2, -0.15) is 13.2 Å². The van der Waals surface area contributed by atoms with Gasteiger partial charge in [-0.05, 0) is 68.3 Å². The fourth-order valence-electron chi connectivity index (χ4n) is 3.57. The summed E-state index contributed by atoms with van der Waals surface area (Å²) in [5.41, 5.74) is 2.43. The zero-order valence-electron chi connectivity index (χ0n) is 13.0. The van der Waals surface area contributed by atoms with E-state index in [0.29, 0.717) is 18.0 Å². The molecule has 1 aromatic rings. The maximum absolute atomic E-state index is 12.7. The quantitative estimate of drug-likeness (QED) is 0.906. The smallest absolute Gasteiger partial charge is 0.316 e. The third-order valence-electron chi connectivity index (χ3n) is 4.67. The summed E-state index contributed by atoms with van der Waals surface area (Å²) in [6.45, 7) is 2.20. The molecule has 0 aliphatic carbocycles. The maximum atomic E-state index is 12.7. The zero-order chi connectivity index (χ0) is 16.4. The number of carbonyl (C=O) groups is 1. The predicted octanol–water partition coefficient (Wildman–Crippen LogP) is 3.07. The minimum Gasteiger partial charge on any atom is -0.316 e. The maximum Gasteiger partial charge on any atom is 0.471 e. The fourth-order valence-corrected chi connectivity index (χ4v) is 3.57. The number of alkyl halides is 3. The van der Waals surface area contributed by atoms with E-state index in [1.54, 1.807) is 6.07 Å². The Labute approximate surface area is 133 Å². The summed E-state index contributed by atoms with van der Waals surface area (Å²) in [6.07, 6.45) is -0.224. The summed E-state index contributed by atoms with van der Waals surface area (Å²) in [6, 6.07) is 5.54. The number of benzene rings is 1. The number of hydrogen-bond donors (Lipinski definition) is 1. The Hall–Kier alpha value is -1.56. The van der Waals surface area contributed by atoms with Gasteiger partial charge in [0.25, 0.3) is 0 Å². The molecule has 1 atom stereocenters. The van der Waals surface area contributed by atoms with Gasteiger partial charge in [-0.15, -0.1) is 0 Å². The molecule has 23 heavy (non-hydrogen) atoms. The summed E-state index contributed by atoms with van der Waals surface area (Å²) in [5, 5.41) is 3.38. The van der Waals surface area contributed by atoms with Crippen LogP contribution < -0.4 is 10.2 Å². The van der Waals surface area contributed by atoms with Crippen molar-refractivity contribution in [2.45, 2.75) is 38.3 Å². The lowest BCUT2D eigenvalue weighted by atomic mass is 9.90. The van der Waals surface area contributed by atoms with Crippen LogP contribution in [0.25, 0.3) is 0 Å². The SMILES string of the molecule is O=C(N1CCCc2cc(CC3CCCNC3)ccc21)C(F)(F)F. The van der Waals surface area contributed by atoms with E-state index in [0.717, 1.165) is 42.0 Å². The number of rotatable bonds is 2. The summed E-state index contributed by atoms with van der Waals surface area (Å²) < 4.78 is 38.2. The highest BCUT2D eigenvalue weighted by molar-refractivity contribution is 5.98. The number of fused-ring (bicyclic) bond motifs is 1. The minimum absolute atomic E-state index is 0.136. The Morgan fingerprint density at radius 3 is 2.83 bits per heavy atom. The van der Waals surface area contributed by atoms with Crippen molar-refractivity contribution in [3.63, 3.8) is 0 Å². The van der Waals surface area contributed by atoms with Crippen LogP contribution in [0.15, 0.2) is 18.2 Å². The number of amides is 1. The zero-order valence-corrected chi connectivity index (χ0v) is 13.0. The van der Waals surface area contributed by atoms with Gasteiger partial charge < -0.3 is 10.2 Å². The molecule has 2 aliphatic heterocycles. The summed E-state index contributed by atoms with van der Waals surface area (Å²) in [7, 11) is 0. The van der Waals surface area contributed by atoms with Crippen LogP contribution >= 0.6 is 0 Å². The summed E-state index contributed by atoms with van der Waals surface area (Å²) >= 11 is 0. The average molecular weight is 326 g/mol. The normalized spacial score (nSPS) is 21.9. The first-order valence-electron chi connectivity index (χ1n) is 8.16. The molecule has 3 rings (SSSR count). The molecular weight excluding hydrogens is 305 g/mol. The van der Waals surface area contributed by atoms with Crippen molar-refractivity contribution in [2.24, 2.45) is 5.92 Å². The van der Waals surface area contributed by atoms with Crippen molar-refractivity contribution in [1.82, 2.24) is 5.32 Å². The highest BCUT2D eigenvalue weighted by Gasteiger charge is 2.44.